The lowest BCUT2D eigenvalue weighted by atomic mass is 9.68. The molecule has 160 valence electrons. The Balaban J connectivity index is 2.47. The first-order chi connectivity index (χ1) is 12.8. The Labute approximate surface area is 171 Å². The topological polar surface area (TPSA) is 46.2 Å². The number of rotatable bonds is 7. The van der Waals surface area contributed by atoms with Crippen molar-refractivity contribution >= 4 is 8.32 Å². The normalized spacial score (nSPS) is 26.1. The molecule has 0 N–H and O–H groups in total. The molecule has 1 aromatic rings. The second-order valence-corrected chi connectivity index (χ2v) is 14.8. The van der Waals surface area contributed by atoms with Crippen molar-refractivity contribution < 1.29 is 23.7 Å². The third kappa shape index (κ3) is 3.77. The fourth-order valence-electron chi connectivity index (χ4n) is 3.23. The molecule has 1 saturated heterocycles. The zero-order chi connectivity index (χ0) is 21.4. The van der Waals surface area contributed by atoms with E-state index in [9.17, 15) is 0 Å². The fourth-order valence-corrected chi connectivity index (χ4v) is 4.25. The van der Waals surface area contributed by atoms with Crippen molar-refractivity contribution in [2.24, 2.45) is 5.41 Å². The molecule has 0 bridgehead atoms. The summed E-state index contributed by atoms with van der Waals surface area (Å²) in [7, 11) is -0.312. The van der Waals surface area contributed by atoms with Gasteiger partial charge in [0, 0.05) is 24.7 Å². The van der Waals surface area contributed by atoms with E-state index in [0.29, 0.717) is 13.2 Å². The molecule has 28 heavy (non-hydrogen) atoms. The van der Waals surface area contributed by atoms with Crippen molar-refractivity contribution in [3.05, 3.63) is 29.8 Å². The number of hydrogen-bond donors (Lipinski definition) is 0. The maximum Gasteiger partial charge on any atom is 0.263 e. The molecular weight excluding hydrogens is 372 g/mol. The van der Waals surface area contributed by atoms with E-state index in [0.717, 1.165) is 11.3 Å². The van der Waals surface area contributed by atoms with Gasteiger partial charge in [-0.05, 0) is 37.2 Å². The highest BCUT2D eigenvalue weighted by molar-refractivity contribution is 6.74. The van der Waals surface area contributed by atoms with Crippen LogP contribution in [0.25, 0.3) is 0 Å². The van der Waals surface area contributed by atoms with Crippen molar-refractivity contribution in [3.8, 4) is 5.75 Å². The Morgan fingerprint density at radius 1 is 1.04 bits per heavy atom. The maximum absolute atomic E-state index is 6.51. The lowest BCUT2D eigenvalue weighted by Crippen LogP contribution is -2.73. The molecule has 1 heterocycles. The monoisotopic (exact) mass is 410 g/mol. The van der Waals surface area contributed by atoms with Gasteiger partial charge in [0.2, 0.25) is 8.32 Å². The van der Waals surface area contributed by atoms with Gasteiger partial charge in [-0.2, -0.15) is 4.89 Å². The molecule has 0 aromatic heterocycles. The van der Waals surface area contributed by atoms with Gasteiger partial charge in [-0.3, -0.25) is 0 Å². The Bertz CT molecular complexity index is 672. The number of ether oxygens (including phenoxy) is 2. The molecule has 0 aliphatic carbocycles. The Kier molecular flexibility index (Phi) is 6.44. The smallest absolute Gasteiger partial charge is 0.263 e. The van der Waals surface area contributed by atoms with Crippen molar-refractivity contribution in [3.63, 3.8) is 0 Å². The largest absolute Gasteiger partial charge is 0.543 e. The van der Waals surface area contributed by atoms with E-state index >= 15 is 0 Å². The highest BCUT2D eigenvalue weighted by atomic mass is 28.4. The van der Waals surface area contributed by atoms with Gasteiger partial charge < -0.3 is 13.9 Å². The summed E-state index contributed by atoms with van der Waals surface area (Å²) in [5, 5.41) is 0.113. The van der Waals surface area contributed by atoms with Gasteiger partial charge in [-0.1, -0.05) is 53.7 Å². The quantitative estimate of drug-likeness (QED) is 0.429. The Morgan fingerprint density at radius 2 is 1.68 bits per heavy atom. The van der Waals surface area contributed by atoms with Crippen LogP contribution in [0.15, 0.2) is 24.3 Å². The molecule has 2 unspecified atom stereocenters. The first-order valence-electron chi connectivity index (χ1n) is 10.1. The lowest BCUT2D eigenvalue weighted by molar-refractivity contribution is -0.637. The van der Waals surface area contributed by atoms with Crippen LogP contribution in [0.1, 0.15) is 54.0 Å². The van der Waals surface area contributed by atoms with Gasteiger partial charge in [0.05, 0.1) is 6.61 Å². The van der Waals surface area contributed by atoms with Crippen LogP contribution in [0.2, 0.25) is 18.1 Å². The van der Waals surface area contributed by atoms with E-state index in [2.05, 4.69) is 54.6 Å². The fraction of sp³-hybridized carbons (Fsp3) is 0.727. The molecule has 0 radical (unpaired) electrons. The zero-order valence-electron chi connectivity index (χ0n) is 19.3. The summed E-state index contributed by atoms with van der Waals surface area (Å²) in [6.45, 7) is 20.4. The molecule has 1 fully saturated rings. The van der Waals surface area contributed by atoms with Gasteiger partial charge in [0.1, 0.15) is 5.75 Å². The Hall–Kier alpha value is -0.923. The molecule has 1 aliphatic heterocycles. The van der Waals surface area contributed by atoms with Crippen molar-refractivity contribution in [1.29, 1.82) is 0 Å². The second kappa shape index (κ2) is 7.72. The summed E-state index contributed by atoms with van der Waals surface area (Å²) < 4.78 is 18.3. The van der Waals surface area contributed by atoms with Crippen molar-refractivity contribution in [1.82, 2.24) is 0 Å². The molecule has 2 atom stereocenters. The predicted octanol–water partition coefficient (Wildman–Crippen LogP) is 5.65. The third-order valence-electron chi connectivity index (χ3n) is 6.23. The average Bonchev–Trinajstić information content (AvgIpc) is 2.53. The molecule has 0 amide bonds. The van der Waals surface area contributed by atoms with E-state index < -0.39 is 19.7 Å². The molecule has 5 nitrogen and oxygen atoms in total. The minimum Gasteiger partial charge on any atom is -0.543 e. The lowest BCUT2D eigenvalue weighted by Gasteiger charge is -2.60. The number of benzene rings is 1. The van der Waals surface area contributed by atoms with E-state index in [1.807, 2.05) is 31.2 Å². The minimum absolute atomic E-state index is 0.113. The summed E-state index contributed by atoms with van der Waals surface area (Å²) in [5.41, 5.74) is -0.195. The standard InChI is InChI=1S/C22H38O5Si/c1-11-24-16-21(19(2,3)4)22(23-8,27-26-21)17-13-12-14-18(15-17)25-28(9,10)20(5,6)7/h12-15H,11,16H2,1-10H3. The van der Waals surface area contributed by atoms with Crippen LogP contribution in [0.4, 0.5) is 0 Å². The molecular formula is C22H38O5Si. The number of methoxy groups -OCH3 is 1. The molecule has 2 rings (SSSR count). The molecule has 1 aliphatic rings. The maximum atomic E-state index is 6.51. The summed E-state index contributed by atoms with van der Waals surface area (Å²) in [6, 6.07) is 7.98. The summed E-state index contributed by atoms with van der Waals surface area (Å²) in [4.78, 5) is 11.5. The summed E-state index contributed by atoms with van der Waals surface area (Å²) in [5.74, 6) is -0.233. The Morgan fingerprint density at radius 3 is 2.11 bits per heavy atom. The van der Waals surface area contributed by atoms with Crippen molar-refractivity contribution in [2.45, 2.75) is 78.0 Å². The second-order valence-electron chi connectivity index (χ2n) is 10.1. The summed E-state index contributed by atoms with van der Waals surface area (Å²) >= 11 is 0. The third-order valence-corrected chi connectivity index (χ3v) is 10.6. The van der Waals surface area contributed by atoms with Gasteiger partial charge in [-0.25, -0.2) is 4.89 Å². The minimum atomic E-state index is -1.96. The van der Waals surface area contributed by atoms with Crippen LogP contribution in [-0.4, -0.2) is 34.2 Å². The van der Waals surface area contributed by atoms with Crippen molar-refractivity contribution in [2.75, 3.05) is 20.3 Å². The zero-order valence-corrected chi connectivity index (χ0v) is 20.3. The first-order valence-corrected chi connectivity index (χ1v) is 13.0. The van der Waals surface area contributed by atoms with Gasteiger partial charge in [0.15, 0.2) is 5.60 Å². The molecule has 0 saturated carbocycles. The van der Waals surface area contributed by atoms with Crippen LogP contribution < -0.4 is 4.43 Å². The first kappa shape index (κ1) is 23.4. The SMILES string of the molecule is CCOCC1(C(C)(C)C)OOC1(OC)c1cccc(O[Si](C)(C)C(C)(C)C)c1. The van der Waals surface area contributed by atoms with Crippen LogP contribution in [0.5, 0.6) is 5.75 Å². The predicted molar refractivity (Wildman–Crippen MR) is 114 cm³/mol. The van der Waals surface area contributed by atoms with E-state index in [1.54, 1.807) is 7.11 Å². The van der Waals surface area contributed by atoms with Gasteiger partial charge >= 0.3 is 0 Å². The highest BCUT2D eigenvalue weighted by Crippen LogP contribution is 2.58. The highest BCUT2D eigenvalue weighted by Gasteiger charge is 2.71. The van der Waals surface area contributed by atoms with Crippen LogP contribution >= 0.6 is 0 Å². The molecule has 1 aromatic carbocycles. The molecule has 6 heteroatoms. The summed E-state index contributed by atoms with van der Waals surface area (Å²) in [6.07, 6.45) is 0. The van der Waals surface area contributed by atoms with E-state index in [-0.39, 0.29) is 10.5 Å². The average molecular weight is 411 g/mol. The molecule has 0 spiro atoms. The van der Waals surface area contributed by atoms with Crippen LogP contribution in [-0.2, 0) is 25.0 Å². The van der Waals surface area contributed by atoms with Crippen LogP contribution in [0, 0.1) is 5.41 Å². The van der Waals surface area contributed by atoms with Crippen LogP contribution in [0.3, 0.4) is 0 Å². The van der Waals surface area contributed by atoms with Gasteiger partial charge in [0.25, 0.3) is 5.79 Å². The van der Waals surface area contributed by atoms with E-state index in [4.69, 9.17) is 23.7 Å². The van der Waals surface area contributed by atoms with E-state index in [1.165, 1.54) is 0 Å². The van der Waals surface area contributed by atoms with Gasteiger partial charge in [-0.15, -0.1) is 0 Å². The number of hydrogen-bond acceptors (Lipinski definition) is 5.